The zero-order valence-electron chi connectivity index (χ0n) is 8.61. The highest BCUT2D eigenvalue weighted by molar-refractivity contribution is 5.55. The second-order valence-electron chi connectivity index (χ2n) is 3.80. The first kappa shape index (κ1) is 9.53. The van der Waals surface area contributed by atoms with Gasteiger partial charge in [0.25, 0.3) is 0 Å². The summed E-state index contributed by atoms with van der Waals surface area (Å²) < 4.78 is 0. The van der Waals surface area contributed by atoms with E-state index in [9.17, 15) is 5.11 Å². The molecule has 0 bridgehead atoms. The molecule has 14 heavy (non-hydrogen) atoms. The highest BCUT2D eigenvalue weighted by Crippen LogP contribution is 2.33. The molecule has 76 valence electrons. The third kappa shape index (κ3) is 1.75. The number of aliphatic hydroxyl groups excluding tert-OH is 1. The second kappa shape index (κ2) is 4.01. The number of para-hydroxylation sites is 1. The fourth-order valence-corrected chi connectivity index (χ4v) is 1.94. The van der Waals surface area contributed by atoms with Crippen molar-refractivity contribution in [2.45, 2.75) is 32.4 Å². The number of hydrogen-bond donors (Lipinski definition) is 1. The van der Waals surface area contributed by atoms with Crippen molar-refractivity contribution in [3.63, 3.8) is 0 Å². The molecule has 0 heterocycles. The minimum Gasteiger partial charge on any atom is -0.392 e. The summed E-state index contributed by atoms with van der Waals surface area (Å²) in [5.74, 6) is 0. The molecular formula is C12H17NO. The highest BCUT2D eigenvalue weighted by Gasteiger charge is 2.28. The molecule has 1 aliphatic carbocycles. The zero-order valence-corrected chi connectivity index (χ0v) is 8.61. The Bertz CT molecular complexity index is 307. The number of rotatable bonds is 4. The Morgan fingerprint density at radius 3 is 2.64 bits per heavy atom. The largest absolute Gasteiger partial charge is 0.392 e. The first-order valence-corrected chi connectivity index (χ1v) is 5.32. The molecule has 0 saturated heterocycles. The third-order valence-electron chi connectivity index (χ3n) is 2.80. The molecule has 0 amide bonds. The Morgan fingerprint density at radius 1 is 1.36 bits per heavy atom. The van der Waals surface area contributed by atoms with Crippen molar-refractivity contribution >= 4 is 5.69 Å². The number of anilines is 1. The molecule has 0 atom stereocenters. The maximum absolute atomic E-state index is 9.24. The van der Waals surface area contributed by atoms with Crippen LogP contribution in [0.15, 0.2) is 24.3 Å². The lowest BCUT2D eigenvalue weighted by Crippen LogP contribution is -2.26. The average Bonchev–Trinajstić information content (AvgIpc) is 3.04. The first-order valence-electron chi connectivity index (χ1n) is 5.32. The molecule has 0 radical (unpaired) electrons. The predicted octanol–water partition coefficient (Wildman–Crippen LogP) is 2.17. The summed E-state index contributed by atoms with van der Waals surface area (Å²) in [5, 5.41) is 9.24. The van der Waals surface area contributed by atoms with Crippen molar-refractivity contribution in [3.8, 4) is 0 Å². The van der Waals surface area contributed by atoms with Gasteiger partial charge in [-0.25, -0.2) is 0 Å². The Morgan fingerprint density at radius 2 is 2.07 bits per heavy atom. The minimum atomic E-state index is 0.138. The normalized spacial score (nSPS) is 15.6. The molecule has 0 spiro atoms. The Hall–Kier alpha value is -1.02. The van der Waals surface area contributed by atoms with E-state index in [0.29, 0.717) is 6.04 Å². The van der Waals surface area contributed by atoms with Crippen molar-refractivity contribution in [2.75, 3.05) is 11.4 Å². The van der Waals surface area contributed by atoms with Crippen LogP contribution in [-0.2, 0) is 6.61 Å². The molecular weight excluding hydrogens is 174 g/mol. The smallest absolute Gasteiger partial charge is 0.0702 e. The Balaban J connectivity index is 2.27. The standard InChI is InChI=1S/C12H17NO/c1-2-13(11-7-8-11)12-6-4-3-5-10(12)9-14/h3-6,11,14H,2,7-9H2,1H3. The number of hydrogen-bond acceptors (Lipinski definition) is 2. The molecule has 0 unspecified atom stereocenters. The highest BCUT2D eigenvalue weighted by atomic mass is 16.3. The van der Waals surface area contributed by atoms with Crippen LogP contribution in [0.5, 0.6) is 0 Å². The van der Waals surface area contributed by atoms with Crippen molar-refractivity contribution in [1.82, 2.24) is 0 Å². The fourth-order valence-electron chi connectivity index (χ4n) is 1.94. The van der Waals surface area contributed by atoms with Gasteiger partial charge in [0, 0.05) is 23.8 Å². The molecule has 1 N–H and O–H groups in total. The number of aliphatic hydroxyl groups is 1. The van der Waals surface area contributed by atoms with Gasteiger partial charge in [-0.3, -0.25) is 0 Å². The van der Waals surface area contributed by atoms with Crippen LogP contribution in [0.1, 0.15) is 25.3 Å². The summed E-state index contributed by atoms with van der Waals surface area (Å²) in [6.07, 6.45) is 2.60. The van der Waals surface area contributed by atoms with Crippen LogP contribution in [0.2, 0.25) is 0 Å². The van der Waals surface area contributed by atoms with Crippen molar-refractivity contribution in [2.24, 2.45) is 0 Å². The average molecular weight is 191 g/mol. The van der Waals surface area contributed by atoms with Gasteiger partial charge in [0.05, 0.1) is 6.61 Å². The van der Waals surface area contributed by atoms with Crippen LogP contribution in [0.4, 0.5) is 5.69 Å². The monoisotopic (exact) mass is 191 g/mol. The molecule has 1 aliphatic rings. The van der Waals surface area contributed by atoms with E-state index < -0.39 is 0 Å². The summed E-state index contributed by atoms with van der Waals surface area (Å²) >= 11 is 0. The summed E-state index contributed by atoms with van der Waals surface area (Å²) in [7, 11) is 0. The van der Waals surface area contributed by atoms with Gasteiger partial charge in [0.2, 0.25) is 0 Å². The van der Waals surface area contributed by atoms with Crippen molar-refractivity contribution < 1.29 is 5.11 Å². The van der Waals surface area contributed by atoms with E-state index in [1.54, 1.807) is 0 Å². The predicted molar refractivity (Wildman–Crippen MR) is 58.4 cm³/mol. The van der Waals surface area contributed by atoms with E-state index in [1.807, 2.05) is 18.2 Å². The summed E-state index contributed by atoms with van der Waals surface area (Å²) in [6, 6.07) is 8.84. The first-order chi connectivity index (χ1) is 6.86. The maximum Gasteiger partial charge on any atom is 0.0702 e. The van der Waals surface area contributed by atoms with E-state index in [-0.39, 0.29) is 6.61 Å². The van der Waals surface area contributed by atoms with E-state index in [1.165, 1.54) is 18.5 Å². The Kier molecular flexibility index (Phi) is 2.73. The maximum atomic E-state index is 9.24. The fraction of sp³-hybridized carbons (Fsp3) is 0.500. The molecule has 0 aliphatic heterocycles. The lowest BCUT2D eigenvalue weighted by atomic mass is 10.1. The van der Waals surface area contributed by atoms with Gasteiger partial charge in [-0.1, -0.05) is 18.2 Å². The third-order valence-corrected chi connectivity index (χ3v) is 2.80. The van der Waals surface area contributed by atoms with Crippen LogP contribution >= 0.6 is 0 Å². The van der Waals surface area contributed by atoms with E-state index in [0.717, 1.165) is 12.1 Å². The van der Waals surface area contributed by atoms with E-state index in [2.05, 4.69) is 17.9 Å². The van der Waals surface area contributed by atoms with Gasteiger partial charge in [-0.05, 0) is 25.8 Å². The van der Waals surface area contributed by atoms with E-state index in [4.69, 9.17) is 0 Å². The topological polar surface area (TPSA) is 23.5 Å². The van der Waals surface area contributed by atoms with Crippen LogP contribution in [0.3, 0.4) is 0 Å². The SMILES string of the molecule is CCN(c1ccccc1CO)C1CC1. The minimum absolute atomic E-state index is 0.138. The van der Waals surface area contributed by atoms with Gasteiger partial charge < -0.3 is 10.0 Å². The second-order valence-corrected chi connectivity index (χ2v) is 3.80. The zero-order chi connectivity index (χ0) is 9.97. The van der Waals surface area contributed by atoms with Crippen molar-refractivity contribution in [1.29, 1.82) is 0 Å². The van der Waals surface area contributed by atoms with Gasteiger partial charge in [-0.2, -0.15) is 0 Å². The molecule has 2 heteroatoms. The van der Waals surface area contributed by atoms with Gasteiger partial charge >= 0.3 is 0 Å². The lowest BCUT2D eigenvalue weighted by molar-refractivity contribution is 0.282. The van der Waals surface area contributed by atoms with Gasteiger partial charge in [0.15, 0.2) is 0 Å². The van der Waals surface area contributed by atoms with Crippen LogP contribution in [-0.4, -0.2) is 17.7 Å². The lowest BCUT2D eigenvalue weighted by Gasteiger charge is -2.25. The molecule has 1 fully saturated rings. The van der Waals surface area contributed by atoms with Crippen LogP contribution in [0.25, 0.3) is 0 Å². The number of nitrogens with zero attached hydrogens (tertiary/aromatic N) is 1. The molecule has 0 aromatic heterocycles. The molecule has 1 saturated carbocycles. The summed E-state index contributed by atoms with van der Waals surface area (Å²) in [5.41, 5.74) is 2.25. The van der Waals surface area contributed by atoms with E-state index >= 15 is 0 Å². The van der Waals surface area contributed by atoms with Gasteiger partial charge in [0.1, 0.15) is 0 Å². The molecule has 1 aromatic carbocycles. The quantitative estimate of drug-likeness (QED) is 0.788. The van der Waals surface area contributed by atoms with Gasteiger partial charge in [-0.15, -0.1) is 0 Å². The van der Waals surface area contributed by atoms with Crippen molar-refractivity contribution in [3.05, 3.63) is 29.8 Å². The number of benzene rings is 1. The van der Waals surface area contributed by atoms with Crippen LogP contribution in [0, 0.1) is 0 Å². The summed E-state index contributed by atoms with van der Waals surface area (Å²) in [4.78, 5) is 2.39. The Labute approximate surface area is 85.2 Å². The molecule has 2 nitrogen and oxygen atoms in total. The van der Waals surface area contributed by atoms with Crippen LogP contribution < -0.4 is 4.90 Å². The summed E-state index contributed by atoms with van der Waals surface area (Å²) in [6.45, 7) is 3.34. The molecule has 1 aromatic rings. The molecule has 2 rings (SSSR count).